The van der Waals surface area contributed by atoms with Crippen molar-refractivity contribution in [1.82, 2.24) is 15.5 Å². The zero-order chi connectivity index (χ0) is 21.6. The van der Waals surface area contributed by atoms with Gasteiger partial charge < -0.3 is 31.5 Å². The number of aliphatic hydroxyl groups is 1. The van der Waals surface area contributed by atoms with Crippen LogP contribution >= 0.6 is 12.6 Å². The number of likely N-dealkylation sites (tertiary alicyclic amines) is 1. The molecule has 6 N–H and O–H groups in total. The topological polar surface area (TPSA) is 162 Å². The van der Waals surface area contributed by atoms with E-state index < -0.39 is 54.0 Å². The smallest absolute Gasteiger partial charge is 0.327 e. The summed E-state index contributed by atoms with van der Waals surface area (Å²) >= 11 is 3.91. The van der Waals surface area contributed by atoms with Crippen molar-refractivity contribution in [3.05, 3.63) is 0 Å². The first-order valence-electron chi connectivity index (χ1n) is 9.19. The maximum atomic E-state index is 13.0. The second-order valence-corrected chi connectivity index (χ2v) is 7.63. The fraction of sp³-hybridized carbons (Fsp3) is 0.765. The zero-order valence-electron chi connectivity index (χ0n) is 16.3. The predicted octanol–water partition coefficient (Wildman–Crippen LogP) is -1.67. The third-order valence-electron chi connectivity index (χ3n) is 4.69. The lowest BCUT2D eigenvalue weighted by Crippen LogP contribution is -2.59. The maximum Gasteiger partial charge on any atom is 0.327 e. The van der Waals surface area contributed by atoms with Crippen LogP contribution in [0.15, 0.2) is 0 Å². The molecule has 1 fully saturated rings. The first kappa shape index (κ1) is 24.2. The number of thiol groups is 1. The number of nitrogens with one attached hydrogen (secondary N) is 2. The van der Waals surface area contributed by atoms with Gasteiger partial charge in [0.05, 0.1) is 6.10 Å². The lowest BCUT2D eigenvalue weighted by molar-refractivity contribution is -0.145. The van der Waals surface area contributed by atoms with E-state index in [-0.39, 0.29) is 11.7 Å². The Morgan fingerprint density at radius 2 is 1.82 bits per heavy atom. The van der Waals surface area contributed by atoms with Crippen LogP contribution in [0.4, 0.5) is 0 Å². The van der Waals surface area contributed by atoms with Crippen LogP contribution < -0.4 is 16.4 Å². The van der Waals surface area contributed by atoms with Gasteiger partial charge in [0, 0.05) is 12.3 Å². The molecule has 3 amide bonds. The van der Waals surface area contributed by atoms with Crippen LogP contribution in [0, 0.1) is 5.92 Å². The van der Waals surface area contributed by atoms with Crippen LogP contribution in [-0.4, -0.2) is 81.4 Å². The molecule has 0 aromatic heterocycles. The van der Waals surface area contributed by atoms with Crippen molar-refractivity contribution < 1.29 is 29.4 Å². The number of carboxylic acid groups (broad SMARTS) is 1. The van der Waals surface area contributed by atoms with Crippen molar-refractivity contribution in [3.8, 4) is 0 Å². The first-order valence-corrected chi connectivity index (χ1v) is 9.83. The van der Waals surface area contributed by atoms with Crippen LogP contribution in [0.5, 0.6) is 0 Å². The Kier molecular flexibility index (Phi) is 9.18. The molecule has 160 valence electrons. The van der Waals surface area contributed by atoms with Gasteiger partial charge in [0.1, 0.15) is 24.2 Å². The molecule has 0 bridgehead atoms. The highest BCUT2D eigenvalue weighted by Gasteiger charge is 2.40. The summed E-state index contributed by atoms with van der Waals surface area (Å²) in [6.07, 6.45) is -0.112. The summed E-state index contributed by atoms with van der Waals surface area (Å²) in [7, 11) is 0. The van der Waals surface area contributed by atoms with Crippen molar-refractivity contribution in [3.63, 3.8) is 0 Å². The van der Waals surface area contributed by atoms with E-state index in [1.807, 2.05) is 0 Å². The average Bonchev–Trinajstić information content (AvgIpc) is 3.11. The number of nitrogens with two attached hydrogens (primary N) is 1. The van der Waals surface area contributed by atoms with Crippen LogP contribution in [0.1, 0.15) is 33.6 Å². The molecule has 11 heteroatoms. The van der Waals surface area contributed by atoms with E-state index >= 15 is 0 Å². The van der Waals surface area contributed by atoms with Crippen molar-refractivity contribution in [2.24, 2.45) is 11.7 Å². The number of hydrogen-bond donors (Lipinski definition) is 6. The number of carbonyl (C=O) groups is 4. The Hall–Kier alpha value is -1.85. The Morgan fingerprint density at radius 1 is 1.21 bits per heavy atom. The molecule has 28 heavy (non-hydrogen) atoms. The summed E-state index contributed by atoms with van der Waals surface area (Å²) in [5, 5.41) is 23.5. The van der Waals surface area contributed by atoms with Crippen molar-refractivity contribution >= 4 is 36.3 Å². The minimum atomic E-state index is -1.21. The van der Waals surface area contributed by atoms with Crippen LogP contribution in [0.2, 0.25) is 0 Å². The molecule has 5 unspecified atom stereocenters. The molecular weight excluding hydrogens is 388 g/mol. The number of rotatable bonds is 9. The fourth-order valence-electron chi connectivity index (χ4n) is 2.92. The summed E-state index contributed by atoms with van der Waals surface area (Å²) in [4.78, 5) is 50.2. The normalized spacial score (nSPS) is 21.0. The van der Waals surface area contributed by atoms with Gasteiger partial charge in [-0.2, -0.15) is 12.6 Å². The SMILES string of the molecule is CC(C)C(NC(=O)C(N)C(C)O)C(=O)N1CCCC1C(=O)NC(CS)C(=O)O. The van der Waals surface area contributed by atoms with Gasteiger partial charge in [-0.3, -0.25) is 14.4 Å². The van der Waals surface area contributed by atoms with E-state index in [1.54, 1.807) is 13.8 Å². The van der Waals surface area contributed by atoms with Gasteiger partial charge in [0.2, 0.25) is 17.7 Å². The van der Waals surface area contributed by atoms with Gasteiger partial charge in [-0.1, -0.05) is 13.8 Å². The summed E-state index contributed by atoms with van der Waals surface area (Å²) in [5.41, 5.74) is 5.62. The predicted molar refractivity (Wildman–Crippen MR) is 105 cm³/mol. The van der Waals surface area contributed by atoms with E-state index in [0.29, 0.717) is 19.4 Å². The van der Waals surface area contributed by atoms with E-state index in [1.165, 1.54) is 11.8 Å². The quantitative estimate of drug-likeness (QED) is 0.244. The average molecular weight is 419 g/mol. The largest absolute Gasteiger partial charge is 0.480 e. The third kappa shape index (κ3) is 6.08. The fourth-order valence-corrected chi connectivity index (χ4v) is 3.16. The number of amides is 3. The summed E-state index contributed by atoms with van der Waals surface area (Å²) < 4.78 is 0. The molecule has 1 rings (SSSR count). The van der Waals surface area contributed by atoms with Gasteiger partial charge in [-0.05, 0) is 25.7 Å². The van der Waals surface area contributed by atoms with Gasteiger partial charge in [-0.25, -0.2) is 4.79 Å². The van der Waals surface area contributed by atoms with Crippen molar-refractivity contribution in [2.75, 3.05) is 12.3 Å². The first-order chi connectivity index (χ1) is 13.0. The summed E-state index contributed by atoms with van der Waals surface area (Å²) in [5.74, 6) is -3.25. The van der Waals surface area contributed by atoms with Crippen molar-refractivity contribution in [1.29, 1.82) is 0 Å². The van der Waals surface area contributed by atoms with Crippen LogP contribution in [-0.2, 0) is 19.2 Å². The molecule has 1 heterocycles. The number of nitrogens with zero attached hydrogens (tertiary/aromatic N) is 1. The third-order valence-corrected chi connectivity index (χ3v) is 5.05. The Labute approximate surface area is 169 Å². The highest BCUT2D eigenvalue weighted by atomic mass is 32.1. The number of aliphatic hydroxyl groups excluding tert-OH is 1. The van der Waals surface area contributed by atoms with E-state index in [9.17, 15) is 24.3 Å². The number of carbonyl (C=O) groups excluding carboxylic acids is 3. The molecule has 10 nitrogen and oxygen atoms in total. The number of hydrogen-bond acceptors (Lipinski definition) is 7. The molecule has 0 spiro atoms. The maximum absolute atomic E-state index is 13.0. The molecule has 0 aliphatic carbocycles. The monoisotopic (exact) mass is 418 g/mol. The van der Waals surface area contributed by atoms with E-state index in [2.05, 4.69) is 23.3 Å². The van der Waals surface area contributed by atoms with Gasteiger partial charge in [-0.15, -0.1) is 0 Å². The van der Waals surface area contributed by atoms with E-state index in [0.717, 1.165) is 0 Å². The van der Waals surface area contributed by atoms with E-state index in [4.69, 9.17) is 10.8 Å². The molecule has 1 saturated heterocycles. The lowest BCUT2D eigenvalue weighted by atomic mass is 10.0. The Balaban J connectivity index is 2.91. The highest BCUT2D eigenvalue weighted by molar-refractivity contribution is 7.80. The molecule has 0 saturated carbocycles. The molecule has 1 aliphatic heterocycles. The van der Waals surface area contributed by atoms with Gasteiger partial charge in [0.25, 0.3) is 0 Å². The Bertz CT molecular complexity index is 600. The number of aliphatic carboxylic acids is 1. The highest BCUT2D eigenvalue weighted by Crippen LogP contribution is 2.20. The molecular formula is C17H30N4O6S. The zero-order valence-corrected chi connectivity index (χ0v) is 17.2. The number of carboxylic acids is 1. The molecule has 5 atom stereocenters. The molecule has 0 aromatic rings. The van der Waals surface area contributed by atoms with Crippen LogP contribution in [0.25, 0.3) is 0 Å². The van der Waals surface area contributed by atoms with Crippen LogP contribution in [0.3, 0.4) is 0 Å². The Morgan fingerprint density at radius 3 is 2.29 bits per heavy atom. The van der Waals surface area contributed by atoms with Gasteiger partial charge >= 0.3 is 5.97 Å². The standard InChI is InChI=1S/C17H30N4O6S/c1-8(2)13(20-15(24)12(18)9(3)22)16(25)21-6-4-5-11(21)14(23)19-10(7-28)17(26)27/h8-13,22,28H,4-7,18H2,1-3H3,(H,19,23)(H,20,24)(H,26,27). The van der Waals surface area contributed by atoms with Gasteiger partial charge in [0.15, 0.2) is 0 Å². The molecule has 0 radical (unpaired) electrons. The second-order valence-electron chi connectivity index (χ2n) is 7.27. The minimum absolute atomic E-state index is 0.0797. The molecule has 0 aromatic carbocycles. The second kappa shape index (κ2) is 10.6. The minimum Gasteiger partial charge on any atom is -0.480 e. The summed E-state index contributed by atoms with van der Waals surface area (Å²) in [6.45, 7) is 5.17. The lowest BCUT2D eigenvalue weighted by Gasteiger charge is -2.31. The van der Waals surface area contributed by atoms with Crippen molar-refractivity contribution in [2.45, 2.75) is 63.9 Å². The molecule has 1 aliphatic rings. The summed E-state index contributed by atoms with van der Waals surface area (Å²) in [6, 6.07) is -4.08.